The second-order valence-corrected chi connectivity index (χ2v) is 3.83. The molecule has 1 aromatic rings. The zero-order valence-electron chi connectivity index (χ0n) is 9.30. The van der Waals surface area contributed by atoms with Crippen LogP contribution in [-0.2, 0) is 9.53 Å². The van der Waals surface area contributed by atoms with Gasteiger partial charge in [-0.25, -0.2) is 4.79 Å². The first-order valence-corrected chi connectivity index (χ1v) is 5.78. The molecule has 0 heterocycles. The largest absolute Gasteiger partial charge is 0.497 e. The van der Waals surface area contributed by atoms with E-state index in [0.717, 1.165) is 10.6 Å². The predicted octanol–water partition coefficient (Wildman–Crippen LogP) is 2.86. The van der Waals surface area contributed by atoms with Crippen LogP contribution < -0.4 is 4.74 Å². The van der Waals surface area contributed by atoms with E-state index in [9.17, 15) is 4.79 Å². The lowest BCUT2D eigenvalue weighted by Crippen LogP contribution is -1.98. The molecule has 0 N–H and O–H groups in total. The maximum absolute atomic E-state index is 11.0. The highest BCUT2D eigenvalue weighted by atomic mass is 32.2. The minimum Gasteiger partial charge on any atom is -0.497 e. The van der Waals surface area contributed by atoms with Gasteiger partial charge in [0.25, 0.3) is 0 Å². The molecule has 0 aliphatic heterocycles. The van der Waals surface area contributed by atoms with Crippen LogP contribution in [-0.4, -0.2) is 19.7 Å². The van der Waals surface area contributed by atoms with E-state index in [-0.39, 0.29) is 5.97 Å². The third-order valence-corrected chi connectivity index (χ3v) is 2.57. The molecule has 0 aromatic heterocycles. The maximum Gasteiger partial charge on any atom is 0.331 e. The zero-order chi connectivity index (χ0) is 11.8. The van der Waals surface area contributed by atoms with Crippen LogP contribution in [0.1, 0.15) is 6.92 Å². The molecule has 1 rings (SSSR count). The van der Waals surface area contributed by atoms with E-state index in [4.69, 9.17) is 9.47 Å². The summed E-state index contributed by atoms with van der Waals surface area (Å²) in [5.41, 5.74) is 0. The molecule has 0 atom stereocenters. The summed E-state index contributed by atoms with van der Waals surface area (Å²) in [7, 11) is 1.63. The van der Waals surface area contributed by atoms with Crippen molar-refractivity contribution in [2.45, 2.75) is 11.8 Å². The normalized spacial score (nSPS) is 10.4. The first kappa shape index (κ1) is 12.6. The Morgan fingerprint density at radius 2 is 2.06 bits per heavy atom. The lowest BCUT2D eigenvalue weighted by Gasteiger charge is -2.00. The van der Waals surface area contributed by atoms with Gasteiger partial charge in [-0.05, 0) is 36.6 Å². The van der Waals surface area contributed by atoms with E-state index >= 15 is 0 Å². The molecule has 0 fully saturated rings. The monoisotopic (exact) mass is 238 g/mol. The summed E-state index contributed by atoms with van der Waals surface area (Å²) in [6.07, 6.45) is 1.42. The molecule has 16 heavy (non-hydrogen) atoms. The molecule has 3 nitrogen and oxygen atoms in total. The van der Waals surface area contributed by atoms with E-state index in [1.807, 2.05) is 24.3 Å². The summed E-state index contributed by atoms with van der Waals surface area (Å²) in [5.74, 6) is 0.502. The molecule has 1 aromatic carbocycles. The molecule has 4 heteroatoms. The van der Waals surface area contributed by atoms with Crippen molar-refractivity contribution in [3.8, 4) is 5.75 Å². The van der Waals surface area contributed by atoms with Crippen molar-refractivity contribution in [2.75, 3.05) is 13.7 Å². The van der Waals surface area contributed by atoms with Crippen LogP contribution in [0, 0.1) is 0 Å². The van der Waals surface area contributed by atoms with Gasteiger partial charge in [-0.3, -0.25) is 0 Å². The Morgan fingerprint density at radius 1 is 1.38 bits per heavy atom. The van der Waals surface area contributed by atoms with E-state index in [1.54, 1.807) is 19.4 Å². The average Bonchev–Trinajstić information content (AvgIpc) is 2.30. The van der Waals surface area contributed by atoms with E-state index < -0.39 is 0 Å². The number of ether oxygens (including phenoxy) is 2. The van der Waals surface area contributed by atoms with E-state index in [2.05, 4.69) is 0 Å². The van der Waals surface area contributed by atoms with Gasteiger partial charge in [-0.1, -0.05) is 11.8 Å². The van der Waals surface area contributed by atoms with Gasteiger partial charge < -0.3 is 9.47 Å². The molecule has 0 amide bonds. The molecule has 0 aliphatic rings. The Hall–Kier alpha value is -1.42. The average molecular weight is 238 g/mol. The number of hydrogen-bond donors (Lipinski definition) is 0. The van der Waals surface area contributed by atoms with Crippen molar-refractivity contribution < 1.29 is 14.3 Å². The lowest BCUT2D eigenvalue weighted by molar-refractivity contribution is -0.137. The Labute approximate surface area is 99.4 Å². The summed E-state index contributed by atoms with van der Waals surface area (Å²) in [6, 6.07) is 7.61. The molecule has 0 bridgehead atoms. The van der Waals surface area contributed by atoms with Gasteiger partial charge in [0.05, 0.1) is 13.7 Å². The number of rotatable bonds is 5. The lowest BCUT2D eigenvalue weighted by atomic mass is 10.3. The number of thioether (sulfide) groups is 1. The topological polar surface area (TPSA) is 35.5 Å². The van der Waals surface area contributed by atoms with E-state index in [1.165, 1.54) is 17.8 Å². The molecular weight excluding hydrogens is 224 g/mol. The molecular formula is C12H14O3S. The van der Waals surface area contributed by atoms with Crippen molar-refractivity contribution in [2.24, 2.45) is 0 Å². The van der Waals surface area contributed by atoms with Crippen LogP contribution in [0.25, 0.3) is 0 Å². The number of esters is 1. The second kappa shape index (κ2) is 6.95. The van der Waals surface area contributed by atoms with Crippen LogP contribution in [0.15, 0.2) is 40.6 Å². The zero-order valence-corrected chi connectivity index (χ0v) is 10.1. The van der Waals surface area contributed by atoms with Crippen molar-refractivity contribution in [3.05, 3.63) is 35.7 Å². The van der Waals surface area contributed by atoms with Gasteiger partial charge in [-0.2, -0.15) is 0 Å². The van der Waals surface area contributed by atoms with Gasteiger partial charge in [0.15, 0.2) is 0 Å². The highest BCUT2D eigenvalue weighted by Gasteiger charge is 1.95. The molecule has 0 unspecified atom stereocenters. The van der Waals surface area contributed by atoms with Gasteiger partial charge in [0, 0.05) is 11.0 Å². The first-order valence-electron chi connectivity index (χ1n) is 4.90. The third-order valence-electron chi connectivity index (χ3n) is 1.75. The number of methoxy groups -OCH3 is 1. The van der Waals surface area contributed by atoms with Gasteiger partial charge in [-0.15, -0.1) is 0 Å². The summed E-state index contributed by atoms with van der Waals surface area (Å²) in [6.45, 7) is 2.18. The van der Waals surface area contributed by atoms with Crippen LogP contribution in [0.4, 0.5) is 0 Å². The van der Waals surface area contributed by atoms with Gasteiger partial charge in [0.2, 0.25) is 0 Å². The SMILES string of the molecule is CCOC(=O)/C=C\Sc1ccc(OC)cc1. The Balaban J connectivity index is 2.45. The Morgan fingerprint density at radius 3 is 2.62 bits per heavy atom. The standard InChI is InChI=1S/C12H14O3S/c1-3-15-12(13)8-9-16-11-6-4-10(14-2)5-7-11/h4-9H,3H2,1-2H3/b9-8-. The number of hydrogen-bond acceptors (Lipinski definition) is 4. The predicted molar refractivity (Wildman–Crippen MR) is 64.6 cm³/mol. The molecule has 0 saturated carbocycles. The maximum atomic E-state index is 11.0. The summed E-state index contributed by atoms with van der Waals surface area (Å²) >= 11 is 1.46. The Kier molecular flexibility index (Phi) is 5.50. The minimum atomic E-state index is -0.316. The summed E-state index contributed by atoms with van der Waals surface area (Å²) in [5, 5.41) is 1.71. The summed E-state index contributed by atoms with van der Waals surface area (Å²) < 4.78 is 9.80. The van der Waals surface area contributed by atoms with Gasteiger partial charge >= 0.3 is 5.97 Å². The van der Waals surface area contributed by atoms with Crippen LogP contribution >= 0.6 is 11.8 Å². The van der Waals surface area contributed by atoms with Crippen LogP contribution in [0.2, 0.25) is 0 Å². The van der Waals surface area contributed by atoms with Crippen molar-refractivity contribution in [3.63, 3.8) is 0 Å². The minimum absolute atomic E-state index is 0.316. The van der Waals surface area contributed by atoms with Crippen LogP contribution in [0.3, 0.4) is 0 Å². The number of benzene rings is 1. The van der Waals surface area contributed by atoms with Crippen LogP contribution in [0.5, 0.6) is 5.75 Å². The fourth-order valence-corrected chi connectivity index (χ4v) is 1.64. The third kappa shape index (κ3) is 4.40. The highest BCUT2D eigenvalue weighted by Crippen LogP contribution is 2.21. The quantitative estimate of drug-likeness (QED) is 0.449. The highest BCUT2D eigenvalue weighted by molar-refractivity contribution is 8.02. The fourth-order valence-electron chi connectivity index (χ4n) is 1.01. The molecule has 0 spiro atoms. The van der Waals surface area contributed by atoms with Crippen molar-refractivity contribution in [1.29, 1.82) is 0 Å². The fraction of sp³-hybridized carbons (Fsp3) is 0.250. The molecule has 86 valence electrons. The number of carbonyl (C=O) groups excluding carboxylic acids is 1. The van der Waals surface area contributed by atoms with Crippen molar-refractivity contribution in [1.82, 2.24) is 0 Å². The summed E-state index contributed by atoms with van der Waals surface area (Å²) in [4.78, 5) is 12.0. The second-order valence-electron chi connectivity index (χ2n) is 2.85. The number of carbonyl (C=O) groups is 1. The Bertz CT molecular complexity index is 357. The van der Waals surface area contributed by atoms with Gasteiger partial charge in [0.1, 0.15) is 5.75 Å². The molecule has 0 aliphatic carbocycles. The van der Waals surface area contributed by atoms with Crippen molar-refractivity contribution >= 4 is 17.7 Å². The first-order chi connectivity index (χ1) is 7.76. The molecule has 0 saturated heterocycles. The van der Waals surface area contributed by atoms with E-state index in [0.29, 0.717) is 6.61 Å². The smallest absolute Gasteiger partial charge is 0.331 e. The molecule has 0 radical (unpaired) electrons.